The molecule has 0 saturated carbocycles. The van der Waals surface area contributed by atoms with E-state index in [1.165, 1.54) is 12.1 Å². The summed E-state index contributed by atoms with van der Waals surface area (Å²) in [6.45, 7) is 6.59. The van der Waals surface area contributed by atoms with Crippen molar-refractivity contribution in [3.63, 3.8) is 0 Å². The molecule has 0 bridgehead atoms. The number of ether oxygens (including phenoxy) is 1. The first kappa shape index (κ1) is 22.5. The van der Waals surface area contributed by atoms with Crippen molar-refractivity contribution >= 4 is 5.96 Å². The molecule has 10 heteroatoms. The molecule has 0 aliphatic rings. The van der Waals surface area contributed by atoms with Gasteiger partial charge in [-0.15, -0.1) is 23.4 Å². The topological polar surface area (TPSA) is 76.4 Å². The molecule has 0 aliphatic carbocycles. The second-order valence-corrected chi connectivity index (χ2v) is 6.36. The van der Waals surface area contributed by atoms with E-state index in [-0.39, 0.29) is 5.75 Å². The molecular formula is C19H27F3N6O. The molecular weight excluding hydrogens is 385 g/mol. The number of nitrogens with zero attached hydrogens (tertiary/aromatic N) is 4. The predicted octanol–water partition coefficient (Wildman–Crippen LogP) is 3.27. The van der Waals surface area contributed by atoms with Crippen LogP contribution in [-0.4, -0.2) is 40.2 Å². The molecule has 0 unspecified atom stereocenters. The van der Waals surface area contributed by atoms with E-state index >= 15 is 0 Å². The van der Waals surface area contributed by atoms with Gasteiger partial charge in [-0.3, -0.25) is 0 Å². The molecule has 0 spiro atoms. The van der Waals surface area contributed by atoms with Crippen molar-refractivity contribution in [2.75, 3.05) is 13.1 Å². The number of guanidine groups is 1. The molecule has 1 aromatic carbocycles. The minimum atomic E-state index is -4.69. The van der Waals surface area contributed by atoms with E-state index in [0.29, 0.717) is 25.6 Å². The van der Waals surface area contributed by atoms with Gasteiger partial charge in [-0.1, -0.05) is 32.4 Å². The van der Waals surface area contributed by atoms with Crippen LogP contribution in [0.25, 0.3) is 0 Å². The van der Waals surface area contributed by atoms with Crippen molar-refractivity contribution in [3.8, 4) is 5.75 Å². The lowest BCUT2D eigenvalue weighted by Gasteiger charge is -2.13. The number of rotatable bonds is 10. The number of hydrogen-bond donors (Lipinski definition) is 2. The fourth-order valence-electron chi connectivity index (χ4n) is 2.56. The summed E-state index contributed by atoms with van der Waals surface area (Å²) in [4.78, 5) is 4.52. The number of unbranched alkanes of at least 4 members (excludes halogenated alkanes) is 1. The number of aliphatic imine (C=N–C) groups is 1. The van der Waals surface area contributed by atoms with Crippen LogP contribution in [0.4, 0.5) is 13.2 Å². The molecule has 1 heterocycles. The summed E-state index contributed by atoms with van der Waals surface area (Å²) in [5, 5.41) is 14.5. The smallest absolute Gasteiger partial charge is 0.406 e. The average Bonchev–Trinajstić information content (AvgIpc) is 3.13. The van der Waals surface area contributed by atoms with Crippen LogP contribution in [0.5, 0.6) is 5.75 Å². The van der Waals surface area contributed by atoms with Crippen molar-refractivity contribution in [2.24, 2.45) is 4.99 Å². The van der Waals surface area contributed by atoms with Crippen LogP contribution in [0.1, 0.15) is 38.1 Å². The van der Waals surface area contributed by atoms with Crippen LogP contribution in [0.2, 0.25) is 0 Å². The third-order valence-corrected chi connectivity index (χ3v) is 4.06. The molecule has 2 aromatic rings. The van der Waals surface area contributed by atoms with Crippen LogP contribution >= 0.6 is 0 Å². The summed E-state index contributed by atoms with van der Waals surface area (Å²) in [6, 6.07) is 5.71. The van der Waals surface area contributed by atoms with Gasteiger partial charge in [0.05, 0.1) is 6.54 Å². The van der Waals surface area contributed by atoms with Crippen molar-refractivity contribution in [3.05, 3.63) is 42.0 Å². The summed E-state index contributed by atoms with van der Waals surface area (Å²) >= 11 is 0. The average molecular weight is 412 g/mol. The highest BCUT2D eigenvalue weighted by Gasteiger charge is 2.30. The van der Waals surface area contributed by atoms with Crippen molar-refractivity contribution in [2.45, 2.75) is 52.6 Å². The van der Waals surface area contributed by atoms with Crippen LogP contribution in [0.3, 0.4) is 0 Å². The lowest BCUT2D eigenvalue weighted by Crippen LogP contribution is -2.39. The van der Waals surface area contributed by atoms with E-state index in [0.717, 1.165) is 37.2 Å². The van der Waals surface area contributed by atoms with E-state index in [4.69, 9.17) is 0 Å². The summed E-state index contributed by atoms with van der Waals surface area (Å²) < 4.78 is 42.6. The summed E-state index contributed by atoms with van der Waals surface area (Å²) in [6.07, 6.45) is -0.115. The Bertz CT molecular complexity index is 758. The van der Waals surface area contributed by atoms with Crippen LogP contribution < -0.4 is 15.4 Å². The Morgan fingerprint density at radius 1 is 1.14 bits per heavy atom. The van der Waals surface area contributed by atoms with E-state index in [1.54, 1.807) is 18.5 Å². The first-order chi connectivity index (χ1) is 13.9. The largest absolute Gasteiger partial charge is 0.573 e. The highest BCUT2D eigenvalue weighted by Crippen LogP contribution is 2.22. The third-order valence-electron chi connectivity index (χ3n) is 4.06. The molecule has 0 amide bonds. The molecule has 0 saturated heterocycles. The van der Waals surface area contributed by atoms with E-state index in [9.17, 15) is 13.2 Å². The van der Waals surface area contributed by atoms with E-state index in [2.05, 4.69) is 37.5 Å². The molecule has 1 aromatic heterocycles. The van der Waals surface area contributed by atoms with Gasteiger partial charge in [0.25, 0.3) is 0 Å². The Hall–Kier alpha value is -2.78. The molecule has 0 radical (unpaired) electrons. The van der Waals surface area contributed by atoms with Crippen LogP contribution in [-0.2, 0) is 19.5 Å². The summed E-state index contributed by atoms with van der Waals surface area (Å²) in [5.74, 6) is 1.33. The standard InChI is InChI=1S/C19H27F3N6O/c1-3-5-10-23-18(24-11-12-28-14-26-27-17(28)4-2)25-13-15-6-8-16(9-7-15)29-19(20,21)22/h6-9,14H,3-5,10-13H2,1-2H3,(H2,23,24,25). The number of aryl methyl sites for hydroxylation is 1. The molecule has 160 valence electrons. The zero-order valence-corrected chi connectivity index (χ0v) is 16.7. The first-order valence-electron chi connectivity index (χ1n) is 9.64. The maximum absolute atomic E-state index is 12.2. The van der Waals surface area contributed by atoms with Gasteiger partial charge in [-0.05, 0) is 24.1 Å². The highest BCUT2D eigenvalue weighted by molar-refractivity contribution is 5.79. The van der Waals surface area contributed by atoms with Crippen LogP contribution in [0.15, 0.2) is 35.6 Å². The minimum absolute atomic E-state index is 0.245. The van der Waals surface area contributed by atoms with Gasteiger partial charge in [0.1, 0.15) is 17.9 Å². The number of alkyl halides is 3. The zero-order valence-electron chi connectivity index (χ0n) is 16.7. The molecule has 29 heavy (non-hydrogen) atoms. The fraction of sp³-hybridized carbons (Fsp3) is 0.526. The Morgan fingerprint density at radius 2 is 1.86 bits per heavy atom. The Balaban J connectivity index is 1.92. The van der Waals surface area contributed by atoms with Crippen LogP contribution in [0, 0.1) is 0 Å². The second kappa shape index (κ2) is 11.3. The molecule has 2 N–H and O–H groups in total. The monoisotopic (exact) mass is 412 g/mol. The number of halogens is 3. The Labute approximate surface area is 168 Å². The van der Waals surface area contributed by atoms with Gasteiger partial charge in [0.15, 0.2) is 5.96 Å². The Morgan fingerprint density at radius 3 is 2.52 bits per heavy atom. The van der Waals surface area contributed by atoms with Gasteiger partial charge in [-0.25, -0.2) is 4.99 Å². The maximum Gasteiger partial charge on any atom is 0.573 e. The number of aromatic nitrogens is 3. The van der Waals surface area contributed by atoms with Gasteiger partial charge in [0.2, 0.25) is 0 Å². The first-order valence-corrected chi connectivity index (χ1v) is 9.64. The quantitative estimate of drug-likeness (QED) is 0.356. The SMILES string of the molecule is CCCCNC(=NCc1ccc(OC(F)(F)F)cc1)NCCn1cnnc1CC. The predicted molar refractivity (Wildman–Crippen MR) is 105 cm³/mol. The number of benzene rings is 1. The lowest BCUT2D eigenvalue weighted by molar-refractivity contribution is -0.274. The highest BCUT2D eigenvalue weighted by atomic mass is 19.4. The van der Waals surface area contributed by atoms with Gasteiger partial charge in [0, 0.05) is 26.1 Å². The van der Waals surface area contributed by atoms with Gasteiger partial charge in [-0.2, -0.15) is 0 Å². The summed E-state index contributed by atoms with van der Waals surface area (Å²) in [5.41, 5.74) is 0.781. The zero-order chi connectivity index (χ0) is 21.1. The maximum atomic E-state index is 12.2. The normalized spacial score (nSPS) is 12.1. The molecule has 0 aliphatic heterocycles. The van der Waals surface area contributed by atoms with E-state index < -0.39 is 6.36 Å². The third kappa shape index (κ3) is 8.41. The fourth-order valence-corrected chi connectivity index (χ4v) is 2.56. The summed E-state index contributed by atoms with van der Waals surface area (Å²) in [7, 11) is 0. The lowest BCUT2D eigenvalue weighted by atomic mass is 10.2. The van der Waals surface area contributed by atoms with E-state index in [1.807, 2.05) is 11.5 Å². The minimum Gasteiger partial charge on any atom is -0.406 e. The van der Waals surface area contributed by atoms with Gasteiger partial charge < -0.3 is 19.9 Å². The molecule has 0 fully saturated rings. The van der Waals surface area contributed by atoms with Crippen molar-refractivity contribution in [1.29, 1.82) is 0 Å². The molecule has 0 atom stereocenters. The number of hydrogen-bond acceptors (Lipinski definition) is 4. The molecule has 7 nitrogen and oxygen atoms in total. The Kier molecular flexibility index (Phi) is 8.75. The van der Waals surface area contributed by atoms with Crippen molar-refractivity contribution < 1.29 is 17.9 Å². The number of nitrogens with one attached hydrogen (secondary N) is 2. The van der Waals surface area contributed by atoms with Gasteiger partial charge >= 0.3 is 6.36 Å². The molecule has 2 rings (SSSR count). The van der Waals surface area contributed by atoms with Crippen molar-refractivity contribution in [1.82, 2.24) is 25.4 Å². The second-order valence-electron chi connectivity index (χ2n) is 6.36.